The van der Waals surface area contributed by atoms with Crippen LogP contribution in [-0.4, -0.2) is 19.3 Å². The predicted molar refractivity (Wildman–Crippen MR) is 71.2 cm³/mol. The molecule has 0 aromatic heterocycles. The van der Waals surface area contributed by atoms with Crippen LogP contribution in [-0.2, 0) is 4.74 Å². The molecule has 0 saturated carbocycles. The fraction of sp³-hybridized carbons (Fsp3) is 0.500. The molecular formula is C12H16INO. The first-order chi connectivity index (χ1) is 7.34. The van der Waals surface area contributed by atoms with Crippen molar-refractivity contribution in [1.29, 1.82) is 0 Å². The van der Waals surface area contributed by atoms with E-state index in [1.165, 1.54) is 28.5 Å². The predicted octanol–water partition coefficient (Wildman–Crippen LogP) is 3.27. The summed E-state index contributed by atoms with van der Waals surface area (Å²) in [6.45, 7) is 1.86. The number of ether oxygens (including phenoxy) is 1. The van der Waals surface area contributed by atoms with Gasteiger partial charge in [-0.2, -0.15) is 0 Å². The number of anilines is 1. The van der Waals surface area contributed by atoms with Gasteiger partial charge in [0.15, 0.2) is 0 Å². The quantitative estimate of drug-likeness (QED) is 0.864. The van der Waals surface area contributed by atoms with Gasteiger partial charge >= 0.3 is 0 Å². The summed E-state index contributed by atoms with van der Waals surface area (Å²) in [6, 6.07) is 8.46. The molecule has 1 fully saturated rings. The first-order valence-electron chi connectivity index (χ1n) is 5.45. The lowest BCUT2D eigenvalue weighted by atomic mass is 10.1. The van der Waals surface area contributed by atoms with Crippen LogP contribution >= 0.6 is 22.6 Å². The Balaban J connectivity index is 1.79. The van der Waals surface area contributed by atoms with Crippen LogP contribution in [0.25, 0.3) is 0 Å². The zero-order valence-electron chi connectivity index (χ0n) is 8.71. The number of benzene rings is 1. The van der Waals surface area contributed by atoms with E-state index >= 15 is 0 Å². The molecule has 0 radical (unpaired) electrons. The Labute approximate surface area is 105 Å². The highest BCUT2D eigenvalue weighted by Gasteiger charge is 2.12. The minimum absolute atomic E-state index is 0.401. The molecule has 3 heteroatoms. The van der Waals surface area contributed by atoms with E-state index in [2.05, 4.69) is 52.2 Å². The summed E-state index contributed by atoms with van der Waals surface area (Å²) in [5, 5.41) is 3.41. The largest absolute Gasteiger partial charge is 0.382 e. The van der Waals surface area contributed by atoms with E-state index in [9.17, 15) is 0 Å². The number of nitrogens with one attached hydrogen (secondary N) is 1. The van der Waals surface area contributed by atoms with Gasteiger partial charge < -0.3 is 10.1 Å². The summed E-state index contributed by atoms with van der Waals surface area (Å²) in [4.78, 5) is 0. The Morgan fingerprint density at radius 1 is 1.27 bits per heavy atom. The molecule has 0 aliphatic carbocycles. The molecule has 1 aromatic rings. The molecular weight excluding hydrogens is 301 g/mol. The third-order valence-corrected chi connectivity index (χ3v) is 3.37. The summed E-state index contributed by atoms with van der Waals surface area (Å²) < 4.78 is 6.93. The molecule has 1 aliphatic rings. The average Bonchev–Trinajstić information content (AvgIpc) is 2.30. The topological polar surface area (TPSA) is 21.3 Å². The molecule has 1 saturated heterocycles. The minimum atomic E-state index is 0.401. The minimum Gasteiger partial charge on any atom is -0.382 e. The van der Waals surface area contributed by atoms with Gasteiger partial charge in [-0.05, 0) is 66.1 Å². The van der Waals surface area contributed by atoms with Gasteiger partial charge in [0.2, 0.25) is 0 Å². The van der Waals surface area contributed by atoms with Gasteiger partial charge in [-0.15, -0.1) is 0 Å². The van der Waals surface area contributed by atoms with Crippen molar-refractivity contribution in [3.8, 4) is 0 Å². The van der Waals surface area contributed by atoms with Crippen LogP contribution in [0, 0.1) is 3.57 Å². The summed E-state index contributed by atoms with van der Waals surface area (Å²) in [7, 11) is 0. The van der Waals surface area contributed by atoms with Crippen molar-refractivity contribution in [3.63, 3.8) is 0 Å². The van der Waals surface area contributed by atoms with E-state index in [0.29, 0.717) is 6.10 Å². The molecule has 0 spiro atoms. The molecule has 1 atom stereocenters. The van der Waals surface area contributed by atoms with Gasteiger partial charge in [-0.1, -0.05) is 0 Å². The highest BCUT2D eigenvalue weighted by Crippen LogP contribution is 2.15. The first kappa shape index (κ1) is 11.2. The highest BCUT2D eigenvalue weighted by atomic mass is 127. The molecule has 1 aromatic carbocycles. The fourth-order valence-corrected chi connectivity index (χ4v) is 2.13. The molecule has 1 aliphatic heterocycles. The van der Waals surface area contributed by atoms with Gasteiger partial charge in [0.25, 0.3) is 0 Å². The zero-order chi connectivity index (χ0) is 10.5. The highest BCUT2D eigenvalue weighted by molar-refractivity contribution is 14.1. The van der Waals surface area contributed by atoms with Crippen molar-refractivity contribution < 1.29 is 4.74 Å². The van der Waals surface area contributed by atoms with Crippen molar-refractivity contribution in [2.75, 3.05) is 18.5 Å². The van der Waals surface area contributed by atoms with E-state index < -0.39 is 0 Å². The smallest absolute Gasteiger partial charge is 0.0747 e. The Morgan fingerprint density at radius 2 is 2.07 bits per heavy atom. The number of rotatable bonds is 3. The van der Waals surface area contributed by atoms with Crippen molar-refractivity contribution in [3.05, 3.63) is 27.8 Å². The average molecular weight is 317 g/mol. The van der Waals surface area contributed by atoms with Gasteiger partial charge in [-0.3, -0.25) is 0 Å². The number of halogens is 1. The summed E-state index contributed by atoms with van der Waals surface area (Å²) in [6.07, 6.45) is 4.12. The van der Waals surface area contributed by atoms with Crippen molar-refractivity contribution >= 4 is 28.3 Å². The molecule has 0 bridgehead atoms. The van der Waals surface area contributed by atoms with E-state index in [4.69, 9.17) is 4.74 Å². The Bertz CT molecular complexity index is 293. The molecule has 15 heavy (non-hydrogen) atoms. The molecule has 1 N–H and O–H groups in total. The lowest BCUT2D eigenvalue weighted by molar-refractivity contribution is 0.0247. The van der Waals surface area contributed by atoms with E-state index in [0.717, 1.165) is 13.2 Å². The van der Waals surface area contributed by atoms with E-state index in [1.54, 1.807) is 0 Å². The van der Waals surface area contributed by atoms with Gasteiger partial charge in [-0.25, -0.2) is 0 Å². The number of hydrogen-bond acceptors (Lipinski definition) is 2. The Hall–Kier alpha value is -0.290. The van der Waals surface area contributed by atoms with Crippen LogP contribution < -0.4 is 5.32 Å². The third-order valence-electron chi connectivity index (χ3n) is 2.65. The van der Waals surface area contributed by atoms with Crippen molar-refractivity contribution in [2.24, 2.45) is 0 Å². The Kier molecular flexibility index (Phi) is 4.26. The molecule has 82 valence electrons. The summed E-state index contributed by atoms with van der Waals surface area (Å²) >= 11 is 2.32. The van der Waals surface area contributed by atoms with Crippen molar-refractivity contribution in [2.45, 2.75) is 25.4 Å². The van der Waals surface area contributed by atoms with Gasteiger partial charge in [0, 0.05) is 22.4 Å². The molecule has 1 unspecified atom stereocenters. The zero-order valence-corrected chi connectivity index (χ0v) is 10.9. The Morgan fingerprint density at radius 3 is 2.73 bits per heavy atom. The van der Waals surface area contributed by atoms with Crippen LogP contribution in [0.4, 0.5) is 5.69 Å². The first-order valence-corrected chi connectivity index (χ1v) is 6.53. The van der Waals surface area contributed by atoms with Crippen molar-refractivity contribution in [1.82, 2.24) is 0 Å². The molecule has 2 rings (SSSR count). The molecule has 1 heterocycles. The molecule has 2 nitrogen and oxygen atoms in total. The maximum atomic E-state index is 5.66. The fourth-order valence-electron chi connectivity index (χ4n) is 1.77. The second-order valence-corrected chi connectivity index (χ2v) is 5.12. The lowest BCUT2D eigenvalue weighted by Crippen LogP contribution is -2.26. The van der Waals surface area contributed by atoms with Gasteiger partial charge in [0.1, 0.15) is 0 Å². The summed E-state index contributed by atoms with van der Waals surface area (Å²) in [5.74, 6) is 0. The third kappa shape index (κ3) is 3.65. The monoisotopic (exact) mass is 317 g/mol. The molecule has 0 amide bonds. The maximum absolute atomic E-state index is 5.66. The number of hydrogen-bond donors (Lipinski definition) is 1. The van der Waals surface area contributed by atoms with Crippen LogP contribution in [0.2, 0.25) is 0 Å². The van der Waals surface area contributed by atoms with Crippen LogP contribution in [0.15, 0.2) is 24.3 Å². The summed E-state index contributed by atoms with van der Waals surface area (Å²) in [5.41, 5.74) is 1.18. The normalized spacial score (nSPS) is 21.3. The van der Waals surface area contributed by atoms with Crippen LogP contribution in [0.5, 0.6) is 0 Å². The van der Waals surface area contributed by atoms with Crippen LogP contribution in [0.3, 0.4) is 0 Å². The second-order valence-electron chi connectivity index (χ2n) is 3.88. The van der Waals surface area contributed by atoms with E-state index in [1.807, 2.05) is 0 Å². The van der Waals surface area contributed by atoms with Gasteiger partial charge in [0.05, 0.1) is 6.10 Å². The van der Waals surface area contributed by atoms with E-state index in [-0.39, 0.29) is 0 Å². The second kappa shape index (κ2) is 5.70. The standard InChI is InChI=1S/C12H16INO/c13-10-4-6-11(7-5-10)14-9-12-3-1-2-8-15-12/h4-7,12,14H,1-3,8-9H2. The lowest BCUT2D eigenvalue weighted by Gasteiger charge is -2.23. The SMILES string of the molecule is Ic1ccc(NCC2CCCCO2)cc1. The van der Waals surface area contributed by atoms with Crippen LogP contribution in [0.1, 0.15) is 19.3 Å². The maximum Gasteiger partial charge on any atom is 0.0747 e.